The minimum Gasteiger partial charge on any atom is -0.854 e. The fourth-order valence-electron chi connectivity index (χ4n) is 1.94. The van der Waals surface area contributed by atoms with Crippen molar-refractivity contribution in [1.82, 2.24) is 4.98 Å². The van der Waals surface area contributed by atoms with E-state index in [-0.39, 0.29) is 5.88 Å². The van der Waals surface area contributed by atoms with Gasteiger partial charge in [0.05, 0.1) is 5.88 Å². The minimum absolute atomic E-state index is 0.200. The second-order valence-corrected chi connectivity index (χ2v) is 4.29. The maximum absolute atomic E-state index is 11.9. The van der Waals surface area contributed by atoms with Crippen molar-refractivity contribution in [3.63, 3.8) is 0 Å². The minimum atomic E-state index is -0.200. The fraction of sp³-hybridized carbons (Fsp3) is 0.0667. The van der Waals surface area contributed by atoms with Gasteiger partial charge in [-0.3, -0.25) is 4.98 Å². The summed E-state index contributed by atoms with van der Waals surface area (Å²) < 4.78 is 1.81. The van der Waals surface area contributed by atoms with Crippen LogP contribution in [0.15, 0.2) is 54.9 Å². The molecule has 0 unspecified atom stereocenters. The normalized spacial score (nSPS) is 10.7. The first kappa shape index (κ1) is 10.7. The Kier molecular flexibility index (Phi) is 2.45. The number of pyridine rings is 1. The van der Waals surface area contributed by atoms with Crippen LogP contribution >= 0.6 is 0 Å². The molecule has 0 aliphatic heterocycles. The maximum Gasteiger partial charge on any atom is 0.221 e. The Bertz CT molecular complexity index is 705. The molecule has 2 heterocycles. The average Bonchev–Trinajstić information content (AvgIpc) is 2.39. The van der Waals surface area contributed by atoms with E-state index in [4.69, 9.17) is 0 Å². The van der Waals surface area contributed by atoms with Gasteiger partial charge >= 0.3 is 0 Å². The molecule has 0 N–H and O–H groups in total. The molecule has 0 aliphatic rings. The second kappa shape index (κ2) is 4.11. The molecule has 0 saturated carbocycles. The van der Waals surface area contributed by atoms with Crippen molar-refractivity contribution in [2.75, 3.05) is 0 Å². The number of fused-ring (bicyclic) bond motifs is 1. The highest BCUT2D eigenvalue weighted by molar-refractivity contribution is 5.61. The molecule has 3 nitrogen and oxygen atoms in total. The van der Waals surface area contributed by atoms with Crippen LogP contribution in [0, 0.1) is 6.92 Å². The third-order valence-corrected chi connectivity index (χ3v) is 2.94. The van der Waals surface area contributed by atoms with Crippen LogP contribution in [0.4, 0.5) is 0 Å². The molecular formula is C15H12N2O. The molecule has 0 spiro atoms. The Labute approximate surface area is 105 Å². The van der Waals surface area contributed by atoms with Crippen molar-refractivity contribution in [1.29, 1.82) is 0 Å². The average molecular weight is 236 g/mol. The Hall–Kier alpha value is -2.42. The van der Waals surface area contributed by atoms with Crippen molar-refractivity contribution < 1.29 is 9.51 Å². The Morgan fingerprint density at radius 1 is 1.06 bits per heavy atom. The summed E-state index contributed by atoms with van der Waals surface area (Å²) in [6.07, 6.45) is 3.73. The van der Waals surface area contributed by atoms with Gasteiger partial charge in [0.2, 0.25) is 11.7 Å². The van der Waals surface area contributed by atoms with E-state index < -0.39 is 0 Å². The van der Waals surface area contributed by atoms with Gasteiger partial charge in [-0.05, 0) is 13.0 Å². The van der Waals surface area contributed by atoms with Gasteiger partial charge in [0.25, 0.3) is 0 Å². The molecule has 3 aromatic rings. The van der Waals surface area contributed by atoms with Crippen LogP contribution in [0.25, 0.3) is 16.8 Å². The van der Waals surface area contributed by atoms with E-state index in [0.717, 1.165) is 5.56 Å². The monoisotopic (exact) mass is 236 g/mol. The molecule has 0 fully saturated rings. The highest BCUT2D eigenvalue weighted by Crippen LogP contribution is 2.19. The maximum atomic E-state index is 11.9. The van der Waals surface area contributed by atoms with Gasteiger partial charge in [-0.2, -0.15) is 4.40 Å². The van der Waals surface area contributed by atoms with Gasteiger partial charge in [-0.15, -0.1) is 0 Å². The number of aryl methyl sites for hydroxylation is 1. The molecule has 3 rings (SSSR count). The molecule has 0 amide bonds. The Balaban J connectivity index is 2.21. The quantitative estimate of drug-likeness (QED) is 0.605. The SMILES string of the molecule is Cc1ccc(-c2c[n+]3ccccc3c([O-])n2)cc1. The van der Waals surface area contributed by atoms with Gasteiger partial charge in [0.1, 0.15) is 5.69 Å². The van der Waals surface area contributed by atoms with E-state index in [1.807, 2.05) is 60.1 Å². The molecular weight excluding hydrogens is 224 g/mol. The molecule has 88 valence electrons. The highest BCUT2D eigenvalue weighted by atomic mass is 16.3. The van der Waals surface area contributed by atoms with Crippen molar-refractivity contribution in [2.24, 2.45) is 0 Å². The molecule has 2 aromatic heterocycles. The Morgan fingerprint density at radius 3 is 2.61 bits per heavy atom. The van der Waals surface area contributed by atoms with Crippen LogP contribution in [0.5, 0.6) is 5.88 Å². The smallest absolute Gasteiger partial charge is 0.221 e. The third kappa shape index (κ3) is 1.80. The third-order valence-electron chi connectivity index (χ3n) is 2.94. The predicted molar refractivity (Wildman–Crippen MR) is 67.0 cm³/mol. The molecule has 1 aromatic carbocycles. The van der Waals surface area contributed by atoms with Gasteiger partial charge < -0.3 is 5.11 Å². The van der Waals surface area contributed by atoms with E-state index >= 15 is 0 Å². The summed E-state index contributed by atoms with van der Waals surface area (Å²) in [7, 11) is 0. The van der Waals surface area contributed by atoms with Crippen molar-refractivity contribution >= 4 is 5.52 Å². The first-order valence-electron chi connectivity index (χ1n) is 5.79. The first-order valence-corrected chi connectivity index (χ1v) is 5.79. The van der Waals surface area contributed by atoms with Gasteiger partial charge in [0, 0.05) is 17.7 Å². The van der Waals surface area contributed by atoms with Crippen LogP contribution in [0.3, 0.4) is 0 Å². The summed E-state index contributed by atoms with van der Waals surface area (Å²) in [5.74, 6) is -0.200. The van der Waals surface area contributed by atoms with Crippen LogP contribution in [-0.2, 0) is 0 Å². The number of nitrogens with zero attached hydrogens (tertiary/aromatic N) is 2. The fourth-order valence-corrected chi connectivity index (χ4v) is 1.94. The first-order chi connectivity index (χ1) is 8.74. The van der Waals surface area contributed by atoms with E-state index in [1.165, 1.54) is 5.56 Å². The lowest BCUT2D eigenvalue weighted by atomic mass is 10.1. The summed E-state index contributed by atoms with van der Waals surface area (Å²) in [5.41, 5.74) is 3.43. The summed E-state index contributed by atoms with van der Waals surface area (Å²) in [6, 6.07) is 13.5. The van der Waals surface area contributed by atoms with Gasteiger partial charge in [-0.1, -0.05) is 29.8 Å². The zero-order valence-electron chi connectivity index (χ0n) is 10.00. The number of rotatable bonds is 1. The van der Waals surface area contributed by atoms with Crippen molar-refractivity contribution in [2.45, 2.75) is 6.92 Å². The lowest BCUT2D eigenvalue weighted by molar-refractivity contribution is -0.516. The highest BCUT2D eigenvalue weighted by Gasteiger charge is 2.08. The lowest BCUT2D eigenvalue weighted by Crippen LogP contribution is -2.23. The summed E-state index contributed by atoms with van der Waals surface area (Å²) in [4.78, 5) is 4.12. The summed E-state index contributed by atoms with van der Waals surface area (Å²) >= 11 is 0. The largest absolute Gasteiger partial charge is 0.854 e. The van der Waals surface area contributed by atoms with E-state index in [2.05, 4.69) is 4.98 Å². The topological polar surface area (TPSA) is 40.0 Å². The number of aromatic nitrogens is 2. The molecule has 0 atom stereocenters. The summed E-state index contributed by atoms with van der Waals surface area (Å²) in [5, 5.41) is 11.9. The molecule has 0 radical (unpaired) electrons. The molecule has 0 bridgehead atoms. The summed E-state index contributed by atoms with van der Waals surface area (Å²) in [6.45, 7) is 2.03. The number of benzene rings is 1. The van der Waals surface area contributed by atoms with E-state index in [1.54, 1.807) is 6.07 Å². The zero-order valence-corrected chi connectivity index (χ0v) is 10.00. The molecule has 0 saturated heterocycles. The molecule has 3 heteroatoms. The standard InChI is InChI=1S/C15H12N2O/c1-11-5-7-12(8-6-11)13-10-17-9-3-2-4-14(17)15(18)16-13/h2-10H,1H3. The second-order valence-electron chi connectivity index (χ2n) is 4.29. The van der Waals surface area contributed by atoms with Crippen LogP contribution < -0.4 is 9.51 Å². The van der Waals surface area contributed by atoms with Gasteiger partial charge in [0.15, 0.2) is 6.20 Å². The number of hydrogen-bond acceptors (Lipinski definition) is 2. The van der Waals surface area contributed by atoms with Crippen LogP contribution in [-0.4, -0.2) is 4.98 Å². The van der Waals surface area contributed by atoms with Crippen molar-refractivity contribution in [3.8, 4) is 17.1 Å². The van der Waals surface area contributed by atoms with Gasteiger partial charge in [-0.25, -0.2) is 0 Å². The predicted octanol–water partition coefficient (Wildman–Crippen LogP) is 1.87. The van der Waals surface area contributed by atoms with Crippen LogP contribution in [0.1, 0.15) is 5.56 Å². The van der Waals surface area contributed by atoms with Crippen LogP contribution in [0.2, 0.25) is 0 Å². The van der Waals surface area contributed by atoms with E-state index in [0.29, 0.717) is 11.2 Å². The lowest BCUT2D eigenvalue weighted by Gasteiger charge is -2.07. The Morgan fingerprint density at radius 2 is 1.83 bits per heavy atom. The zero-order chi connectivity index (χ0) is 12.5. The molecule has 18 heavy (non-hydrogen) atoms. The van der Waals surface area contributed by atoms with E-state index in [9.17, 15) is 5.11 Å². The number of hydrogen-bond donors (Lipinski definition) is 0. The molecule has 0 aliphatic carbocycles. The van der Waals surface area contributed by atoms with Crippen molar-refractivity contribution in [3.05, 3.63) is 60.4 Å².